The van der Waals surface area contributed by atoms with Crippen LogP contribution in [0.3, 0.4) is 0 Å². The first-order valence-corrected chi connectivity index (χ1v) is 6.78. The highest BCUT2D eigenvalue weighted by Gasteiger charge is 2.18. The van der Waals surface area contributed by atoms with E-state index in [1.807, 2.05) is 0 Å². The Labute approximate surface area is 117 Å². The smallest absolute Gasteiger partial charge is 0.336 e. The van der Waals surface area contributed by atoms with Crippen LogP contribution >= 0.6 is 0 Å². The van der Waals surface area contributed by atoms with E-state index in [1.54, 1.807) is 19.1 Å². The summed E-state index contributed by atoms with van der Waals surface area (Å²) in [5, 5.41) is 11.8. The van der Waals surface area contributed by atoms with Gasteiger partial charge in [-0.05, 0) is 43.4 Å². The first-order chi connectivity index (χ1) is 9.56. The summed E-state index contributed by atoms with van der Waals surface area (Å²) in [4.78, 5) is 23.0. The van der Waals surface area contributed by atoms with Crippen molar-refractivity contribution in [3.8, 4) is 0 Å². The van der Waals surface area contributed by atoms with Crippen LogP contribution in [0.4, 0.5) is 5.69 Å². The first kappa shape index (κ1) is 14.5. The van der Waals surface area contributed by atoms with Crippen LogP contribution < -0.4 is 5.32 Å². The lowest BCUT2D eigenvalue weighted by Gasteiger charge is -2.21. The minimum Gasteiger partial charge on any atom is -0.478 e. The van der Waals surface area contributed by atoms with Gasteiger partial charge in [-0.25, -0.2) is 4.79 Å². The molecule has 0 atom stereocenters. The Hall–Kier alpha value is -1.88. The van der Waals surface area contributed by atoms with Crippen LogP contribution in [0.1, 0.15) is 35.2 Å². The molecule has 108 valence electrons. The maximum absolute atomic E-state index is 11.9. The van der Waals surface area contributed by atoms with Crippen LogP contribution in [0.5, 0.6) is 0 Å². The molecule has 20 heavy (non-hydrogen) atoms. The van der Waals surface area contributed by atoms with Gasteiger partial charge in [0, 0.05) is 25.3 Å². The fraction of sp³-hybridized carbons (Fsp3) is 0.467. The molecule has 1 fully saturated rings. The van der Waals surface area contributed by atoms with Crippen molar-refractivity contribution >= 4 is 17.6 Å². The summed E-state index contributed by atoms with van der Waals surface area (Å²) >= 11 is 0. The predicted molar refractivity (Wildman–Crippen MR) is 74.9 cm³/mol. The molecule has 1 aliphatic rings. The van der Waals surface area contributed by atoms with E-state index in [-0.39, 0.29) is 11.5 Å². The number of rotatable bonds is 4. The Balaban J connectivity index is 1.96. The number of carbonyl (C=O) groups excluding carboxylic acids is 1. The van der Waals surface area contributed by atoms with E-state index in [9.17, 15) is 9.59 Å². The second kappa shape index (κ2) is 6.52. The van der Waals surface area contributed by atoms with E-state index in [0.29, 0.717) is 36.8 Å². The Bertz CT molecular complexity index is 507. The fourth-order valence-corrected chi connectivity index (χ4v) is 2.35. The summed E-state index contributed by atoms with van der Waals surface area (Å²) < 4.78 is 5.26. The number of benzene rings is 1. The van der Waals surface area contributed by atoms with Gasteiger partial charge in [-0.3, -0.25) is 4.79 Å². The van der Waals surface area contributed by atoms with Gasteiger partial charge >= 0.3 is 5.97 Å². The number of hydrogen-bond acceptors (Lipinski definition) is 3. The summed E-state index contributed by atoms with van der Waals surface area (Å²) in [6, 6.07) is 4.93. The van der Waals surface area contributed by atoms with Gasteiger partial charge in [0.15, 0.2) is 0 Å². The maximum atomic E-state index is 11.9. The molecule has 1 heterocycles. The number of ether oxygens (including phenoxy) is 1. The molecule has 2 rings (SSSR count). The lowest BCUT2D eigenvalue weighted by Crippen LogP contribution is -2.22. The third kappa shape index (κ3) is 3.81. The molecule has 5 nitrogen and oxygen atoms in total. The second-order valence-corrected chi connectivity index (χ2v) is 5.14. The van der Waals surface area contributed by atoms with Crippen LogP contribution in [-0.2, 0) is 9.53 Å². The van der Waals surface area contributed by atoms with Gasteiger partial charge in [0.25, 0.3) is 0 Å². The molecule has 2 N–H and O–H groups in total. The predicted octanol–water partition coefficient (Wildman–Crippen LogP) is 2.45. The molecule has 0 unspecified atom stereocenters. The normalized spacial score (nSPS) is 15.8. The van der Waals surface area contributed by atoms with Crippen LogP contribution in [0, 0.1) is 12.8 Å². The van der Waals surface area contributed by atoms with E-state index in [1.165, 1.54) is 6.07 Å². The standard InChI is InChI=1S/C15H19NO4/c1-10-2-3-12(9-13(10)15(18)19)16-14(17)8-11-4-6-20-7-5-11/h2-3,9,11H,4-8H2,1H3,(H,16,17)(H,18,19). The second-order valence-electron chi connectivity index (χ2n) is 5.14. The molecule has 1 aromatic carbocycles. The van der Waals surface area contributed by atoms with Gasteiger partial charge in [-0.1, -0.05) is 6.07 Å². The third-order valence-corrected chi connectivity index (χ3v) is 3.57. The SMILES string of the molecule is Cc1ccc(NC(=O)CC2CCOCC2)cc1C(=O)O. The number of nitrogens with one attached hydrogen (secondary N) is 1. The molecule has 0 spiro atoms. The Kier molecular flexibility index (Phi) is 4.74. The highest BCUT2D eigenvalue weighted by Crippen LogP contribution is 2.20. The maximum Gasteiger partial charge on any atom is 0.336 e. The van der Waals surface area contributed by atoms with E-state index in [4.69, 9.17) is 9.84 Å². The zero-order valence-electron chi connectivity index (χ0n) is 11.5. The topological polar surface area (TPSA) is 75.6 Å². The molecule has 1 amide bonds. The summed E-state index contributed by atoms with van der Waals surface area (Å²) in [5.41, 5.74) is 1.43. The van der Waals surface area contributed by atoms with Crippen LogP contribution in [0.2, 0.25) is 0 Å². The van der Waals surface area contributed by atoms with Crippen LogP contribution in [0.15, 0.2) is 18.2 Å². The number of hydrogen-bond donors (Lipinski definition) is 2. The Morgan fingerprint density at radius 2 is 2.05 bits per heavy atom. The fourth-order valence-electron chi connectivity index (χ4n) is 2.35. The third-order valence-electron chi connectivity index (χ3n) is 3.57. The minimum atomic E-state index is -0.983. The van der Waals surface area contributed by atoms with Gasteiger partial charge in [0.05, 0.1) is 5.56 Å². The van der Waals surface area contributed by atoms with Crippen molar-refractivity contribution in [3.05, 3.63) is 29.3 Å². The molecule has 0 aliphatic carbocycles. The van der Waals surface area contributed by atoms with E-state index in [2.05, 4.69) is 5.32 Å². The molecule has 0 saturated carbocycles. The Morgan fingerprint density at radius 3 is 2.70 bits per heavy atom. The Morgan fingerprint density at radius 1 is 1.35 bits per heavy atom. The van der Waals surface area contributed by atoms with Crippen LogP contribution in [0.25, 0.3) is 0 Å². The quantitative estimate of drug-likeness (QED) is 0.886. The molecule has 0 bridgehead atoms. The van der Waals surface area contributed by atoms with Gasteiger partial charge in [0.2, 0.25) is 5.91 Å². The summed E-state index contributed by atoms with van der Waals surface area (Å²) in [6.45, 7) is 3.16. The van der Waals surface area contributed by atoms with Crippen molar-refractivity contribution in [2.24, 2.45) is 5.92 Å². The summed E-state index contributed by atoms with van der Waals surface area (Å²) in [5.74, 6) is -0.701. The number of carboxylic acids is 1. The molecule has 5 heteroatoms. The van der Waals surface area contributed by atoms with E-state index in [0.717, 1.165) is 12.8 Å². The minimum absolute atomic E-state index is 0.0721. The van der Waals surface area contributed by atoms with Gasteiger partial charge in [-0.2, -0.15) is 0 Å². The molecule has 0 radical (unpaired) electrons. The summed E-state index contributed by atoms with van der Waals surface area (Å²) in [7, 11) is 0. The monoisotopic (exact) mass is 277 g/mol. The molecular formula is C15H19NO4. The van der Waals surface area contributed by atoms with Crippen molar-refractivity contribution in [1.29, 1.82) is 0 Å². The number of amides is 1. The average molecular weight is 277 g/mol. The molecule has 1 aromatic rings. The number of aromatic carboxylic acids is 1. The molecular weight excluding hydrogens is 258 g/mol. The summed E-state index contributed by atoms with van der Waals surface area (Å²) in [6.07, 6.45) is 2.27. The zero-order valence-corrected chi connectivity index (χ0v) is 11.5. The lowest BCUT2D eigenvalue weighted by atomic mass is 9.96. The highest BCUT2D eigenvalue weighted by atomic mass is 16.5. The van der Waals surface area contributed by atoms with Crippen molar-refractivity contribution in [2.45, 2.75) is 26.2 Å². The number of carboxylic acid groups (broad SMARTS) is 1. The van der Waals surface area contributed by atoms with E-state index < -0.39 is 5.97 Å². The van der Waals surface area contributed by atoms with Gasteiger partial charge in [-0.15, -0.1) is 0 Å². The highest BCUT2D eigenvalue weighted by molar-refractivity contribution is 5.94. The zero-order chi connectivity index (χ0) is 14.5. The molecule has 1 aliphatic heterocycles. The van der Waals surface area contributed by atoms with Crippen molar-refractivity contribution in [2.75, 3.05) is 18.5 Å². The van der Waals surface area contributed by atoms with E-state index >= 15 is 0 Å². The number of anilines is 1. The number of aryl methyl sites for hydroxylation is 1. The van der Waals surface area contributed by atoms with Gasteiger partial charge in [0.1, 0.15) is 0 Å². The molecule has 1 saturated heterocycles. The first-order valence-electron chi connectivity index (χ1n) is 6.78. The largest absolute Gasteiger partial charge is 0.478 e. The van der Waals surface area contributed by atoms with Crippen molar-refractivity contribution in [3.63, 3.8) is 0 Å². The number of carbonyl (C=O) groups is 2. The van der Waals surface area contributed by atoms with Crippen LogP contribution in [-0.4, -0.2) is 30.2 Å². The van der Waals surface area contributed by atoms with Crippen molar-refractivity contribution in [1.82, 2.24) is 0 Å². The average Bonchev–Trinajstić information content (AvgIpc) is 2.41. The van der Waals surface area contributed by atoms with Crippen molar-refractivity contribution < 1.29 is 19.4 Å². The lowest BCUT2D eigenvalue weighted by molar-refractivity contribution is -0.117. The molecule has 0 aromatic heterocycles. The van der Waals surface area contributed by atoms with Gasteiger partial charge < -0.3 is 15.2 Å².